The van der Waals surface area contributed by atoms with E-state index in [0.29, 0.717) is 6.04 Å². The molecule has 0 fully saturated rings. The van der Waals surface area contributed by atoms with Gasteiger partial charge in [0.1, 0.15) is 5.65 Å². The van der Waals surface area contributed by atoms with Crippen molar-refractivity contribution in [1.29, 1.82) is 0 Å². The summed E-state index contributed by atoms with van der Waals surface area (Å²) < 4.78 is 0. The highest BCUT2D eigenvalue weighted by Crippen LogP contribution is 2.28. The van der Waals surface area contributed by atoms with Crippen LogP contribution in [-0.4, -0.2) is 22.6 Å². The molecule has 0 amide bonds. The number of aromatic amines is 1. The number of pyridine rings is 1. The number of fused-ring (bicyclic) bond motifs is 1. The van der Waals surface area contributed by atoms with Crippen molar-refractivity contribution in [2.45, 2.75) is 19.4 Å². The first kappa shape index (κ1) is 9.60. The molecule has 1 aliphatic rings. The first-order chi connectivity index (χ1) is 7.84. The number of hydrogen-bond donors (Lipinski definition) is 2. The maximum Gasteiger partial charge on any atom is 0.137 e. The van der Waals surface area contributed by atoms with E-state index in [-0.39, 0.29) is 0 Å². The molecule has 0 bridgehead atoms. The van der Waals surface area contributed by atoms with Crippen molar-refractivity contribution in [3.63, 3.8) is 0 Å². The lowest BCUT2D eigenvalue weighted by atomic mass is 9.96. The summed E-state index contributed by atoms with van der Waals surface area (Å²) in [6, 6.07) is 4.67. The van der Waals surface area contributed by atoms with Gasteiger partial charge in [0.25, 0.3) is 0 Å². The summed E-state index contributed by atoms with van der Waals surface area (Å²) in [4.78, 5) is 7.55. The maximum absolute atomic E-state index is 4.32. The third kappa shape index (κ3) is 1.53. The fourth-order valence-electron chi connectivity index (χ4n) is 2.31. The molecule has 3 rings (SSSR count). The summed E-state index contributed by atoms with van der Waals surface area (Å²) in [6.07, 6.45) is 7.25. The molecule has 2 aromatic heterocycles. The number of hydrogen-bond acceptors (Lipinski definition) is 2. The van der Waals surface area contributed by atoms with Crippen LogP contribution in [0.1, 0.15) is 18.9 Å². The number of nitrogens with one attached hydrogen (secondary N) is 2. The Bertz CT molecular complexity index is 539. The van der Waals surface area contributed by atoms with Crippen LogP contribution < -0.4 is 5.32 Å². The Kier molecular flexibility index (Phi) is 2.26. The summed E-state index contributed by atoms with van der Waals surface area (Å²) >= 11 is 0. The van der Waals surface area contributed by atoms with Crippen molar-refractivity contribution >= 4 is 16.6 Å². The van der Waals surface area contributed by atoms with Crippen molar-refractivity contribution in [2.24, 2.45) is 0 Å². The molecule has 2 aromatic rings. The Morgan fingerprint density at radius 2 is 2.38 bits per heavy atom. The van der Waals surface area contributed by atoms with Gasteiger partial charge in [-0.2, -0.15) is 0 Å². The van der Waals surface area contributed by atoms with Crippen LogP contribution in [0.4, 0.5) is 0 Å². The topological polar surface area (TPSA) is 40.7 Å². The standard InChI is InChI=1S/C13H15N3/c1-9-7-10(4-6-14-9)12-8-16-13-11(12)3-2-5-15-13/h2-5,8-9,14H,6-7H2,1H3,(H,15,16)/t9-/m1/s1. The zero-order valence-electron chi connectivity index (χ0n) is 9.33. The molecule has 16 heavy (non-hydrogen) atoms. The Balaban J connectivity index is 2.09. The molecule has 3 heterocycles. The summed E-state index contributed by atoms with van der Waals surface area (Å²) in [6.45, 7) is 3.18. The Morgan fingerprint density at radius 1 is 1.44 bits per heavy atom. The van der Waals surface area contributed by atoms with Gasteiger partial charge < -0.3 is 10.3 Å². The van der Waals surface area contributed by atoms with Crippen molar-refractivity contribution in [2.75, 3.05) is 6.54 Å². The lowest BCUT2D eigenvalue weighted by Crippen LogP contribution is -2.29. The molecule has 0 radical (unpaired) electrons. The fraction of sp³-hybridized carbons (Fsp3) is 0.308. The highest BCUT2D eigenvalue weighted by atomic mass is 14.9. The Labute approximate surface area is 94.6 Å². The van der Waals surface area contributed by atoms with Gasteiger partial charge in [-0.25, -0.2) is 4.98 Å². The van der Waals surface area contributed by atoms with E-state index < -0.39 is 0 Å². The number of aromatic nitrogens is 2. The zero-order chi connectivity index (χ0) is 11.0. The molecule has 3 nitrogen and oxygen atoms in total. The van der Waals surface area contributed by atoms with Gasteiger partial charge in [-0.05, 0) is 31.1 Å². The molecule has 1 atom stereocenters. The van der Waals surface area contributed by atoms with Crippen LogP contribution in [0, 0.1) is 0 Å². The van der Waals surface area contributed by atoms with Crippen molar-refractivity contribution in [1.82, 2.24) is 15.3 Å². The highest BCUT2D eigenvalue weighted by Gasteiger charge is 2.14. The van der Waals surface area contributed by atoms with Gasteiger partial charge in [-0.15, -0.1) is 0 Å². The number of H-pyrrole nitrogens is 1. The van der Waals surface area contributed by atoms with Crippen LogP contribution >= 0.6 is 0 Å². The largest absolute Gasteiger partial charge is 0.346 e. The lowest BCUT2D eigenvalue weighted by Gasteiger charge is -2.20. The van der Waals surface area contributed by atoms with Gasteiger partial charge in [0, 0.05) is 35.9 Å². The van der Waals surface area contributed by atoms with Gasteiger partial charge in [-0.3, -0.25) is 0 Å². The molecule has 0 aromatic carbocycles. The minimum absolute atomic E-state index is 0.557. The zero-order valence-corrected chi connectivity index (χ0v) is 9.33. The molecule has 82 valence electrons. The third-order valence-corrected chi connectivity index (χ3v) is 3.14. The molecule has 0 spiro atoms. The summed E-state index contributed by atoms with van der Waals surface area (Å²) in [7, 11) is 0. The van der Waals surface area contributed by atoms with Crippen LogP contribution in [0.15, 0.2) is 30.6 Å². The Morgan fingerprint density at radius 3 is 3.25 bits per heavy atom. The van der Waals surface area contributed by atoms with E-state index >= 15 is 0 Å². The van der Waals surface area contributed by atoms with E-state index in [4.69, 9.17) is 0 Å². The second kappa shape index (κ2) is 3.76. The van der Waals surface area contributed by atoms with Crippen LogP contribution in [-0.2, 0) is 0 Å². The SMILES string of the molecule is C[C@@H]1CC(c2c[nH]c3ncccc23)=CCN1. The van der Waals surface area contributed by atoms with E-state index in [1.54, 1.807) is 0 Å². The first-order valence-corrected chi connectivity index (χ1v) is 5.69. The quantitative estimate of drug-likeness (QED) is 0.763. The van der Waals surface area contributed by atoms with Crippen LogP contribution in [0.25, 0.3) is 16.6 Å². The predicted molar refractivity (Wildman–Crippen MR) is 66.2 cm³/mol. The summed E-state index contributed by atoms with van der Waals surface area (Å²) in [5.74, 6) is 0. The molecule has 0 aliphatic carbocycles. The molecule has 3 heteroatoms. The highest BCUT2D eigenvalue weighted by molar-refractivity contribution is 5.90. The van der Waals surface area contributed by atoms with E-state index in [1.807, 2.05) is 12.3 Å². The Hall–Kier alpha value is -1.61. The normalized spacial score (nSPS) is 21.1. The summed E-state index contributed by atoms with van der Waals surface area (Å²) in [5.41, 5.74) is 3.70. The monoisotopic (exact) mass is 213 g/mol. The first-order valence-electron chi connectivity index (χ1n) is 5.69. The minimum Gasteiger partial charge on any atom is -0.346 e. The van der Waals surface area contributed by atoms with E-state index in [0.717, 1.165) is 18.6 Å². The third-order valence-electron chi connectivity index (χ3n) is 3.14. The molecular weight excluding hydrogens is 198 g/mol. The molecule has 2 N–H and O–H groups in total. The molecule has 1 aliphatic heterocycles. The van der Waals surface area contributed by atoms with E-state index in [9.17, 15) is 0 Å². The second-order valence-electron chi connectivity index (χ2n) is 4.34. The number of rotatable bonds is 1. The summed E-state index contributed by atoms with van der Waals surface area (Å²) in [5, 5.41) is 4.64. The average molecular weight is 213 g/mol. The smallest absolute Gasteiger partial charge is 0.137 e. The molecule has 0 saturated heterocycles. The van der Waals surface area contributed by atoms with Crippen molar-refractivity contribution in [3.05, 3.63) is 36.2 Å². The molecular formula is C13H15N3. The van der Waals surface area contributed by atoms with Crippen LogP contribution in [0.5, 0.6) is 0 Å². The number of nitrogens with zero attached hydrogens (tertiary/aromatic N) is 1. The van der Waals surface area contributed by atoms with Crippen molar-refractivity contribution in [3.8, 4) is 0 Å². The van der Waals surface area contributed by atoms with Crippen LogP contribution in [0.3, 0.4) is 0 Å². The van der Waals surface area contributed by atoms with Gasteiger partial charge in [-0.1, -0.05) is 6.08 Å². The van der Waals surface area contributed by atoms with Gasteiger partial charge in [0.05, 0.1) is 0 Å². The lowest BCUT2D eigenvalue weighted by molar-refractivity contribution is 0.579. The predicted octanol–water partition coefficient (Wildman–Crippen LogP) is 2.33. The second-order valence-corrected chi connectivity index (χ2v) is 4.34. The minimum atomic E-state index is 0.557. The maximum atomic E-state index is 4.32. The fourth-order valence-corrected chi connectivity index (χ4v) is 2.31. The van der Waals surface area contributed by atoms with Gasteiger partial charge in [0.2, 0.25) is 0 Å². The van der Waals surface area contributed by atoms with Gasteiger partial charge >= 0.3 is 0 Å². The molecule has 0 unspecified atom stereocenters. The van der Waals surface area contributed by atoms with E-state index in [1.165, 1.54) is 16.5 Å². The van der Waals surface area contributed by atoms with Crippen LogP contribution in [0.2, 0.25) is 0 Å². The molecule has 0 saturated carbocycles. The van der Waals surface area contributed by atoms with Crippen molar-refractivity contribution < 1.29 is 0 Å². The van der Waals surface area contributed by atoms with E-state index in [2.05, 4.69) is 40.5 Å². The van der Waals surface area contributed by atoms with Gasteiger partial charge in [0.15, 0.2) is 0 Å². The average Bonchev–Trinajstić information content (AvgIpc) is 2.72.